The molecule has 24 heavy (non-hydrogen) atoms. The fourth-order valence-electron chi connectivity index (χ4n) is 1.93. The van der Waals surface area contributed by atoms with Gasteiger partial charge in [-0.1, -0.05) is 30.3 Å². The first kappa shape index (κ1) is 17.3. The molecule has 0 aromatic heterocycles. The van der Waals surface area contributed by atoms with Crippen molar-refractivity contribution in [2.24, 2.45) is 0 Å². The molecule has 0 saturated carbocycles. The van der Waals surface area contributed by atoms with Gasteiger partial charge in [0.1, 0.15) is 5.75 Å². The Bertz CT molecular complexity index is 760. The molecule has 8 heteroatoms. The lowest BCUT2D eigenvalue weighted by molar-refractivity contribution is -0.167. The predicted octanol–water partition coefficient (Wildman–Crippen LogP) is 2.82. The van der Waals surface area contributed by atoms with Gasteiger partial charge in [-0.2, -0.15) is 13.2 Å². The summed E-state index contributed by atoms with van der Waals surface area (Å²) < 4.78 is 37.0. The zero-order chi connectivity index (χ0) is 17.7. The Hall–Kier alpha value is -3.03. The van der Waals surface area contributed by atoms with E-state index in [1.165, 1.54) is 30.3 Å². The number of aromatic hydroxyl groups is 1. The number of alkyl halides is 3. The van der Waals surface area contributed by atoms with Gasteiger partial charge >= 0.3 is 12.1 Å². The first-order valence-electron chi connectivity index (χ1n) is 6.81. The molecule has 2 aromatic rings. The molecule has 5 nitrogen and oxygen atoms in total. The van der Waals surface area contributed by atoms with Crippen molar-refractivity contribution in [3.8, 4) is 5.75 Å². The number of phenolic OH excluding ortho intramolecular Hbond substituents is 1. The lowest BCUT2D eigenvalue weighted by atomic mass is 10.1. The van der Waals surface area contributed by atoms with Gasteiger partial charge in [-0.25, -0.2) is 0 Å². The molecule has 0 bridgehead atoms. The number of hydrogen-bond acceptors (Lipinski definition) is 3. The lowest BCUT2D eigenvalue weighted by Gasteiger charge is -2.13. The van der Waals surface area contributed by atoms with Crippen LogP contribution >= 0.6 is 0 Å². The van der Waals surface area contributed by atoms with Gasteiger partial charge in [0.05, 0.1) is 5.56 Å². The number of hydrogen-bond donors (Lipinski definition) is 3. The Balaban J connectivity index is 2.10. The van der Waals surface area contributed by atoms with Crippen LogP contribution in [0.15, 0.2) is 48.5 Å². The second kappa shape index (κ2) is 7.03. The number of carbonyl (C=O) groups excluding carboxylic acids is 2. The van der Waals surface area contributed by atoms with Crippen LogP contribution in [0.25, 0.3) is 0 Å². The molecular formula is C16H13F3N2O3. The van der Waals surface area contributed by atoms with Gasteiger partial charge in [-0.3, -0.25) is 9.59 Å². The number of rotatable bonds is 4. The number of benzene rings is 2. The monoisotopic (exact) mass is 338 g/mol. The molecule has 0 aliphatic heterocycles. The predicted molar refractivity (Wildman–Crippen MR) is 80.4 cm³/mol. The highest BCUT2D eigenvalue weighted by Gasteiger charge is 2.38. The maximum atomic E-state index is 12.3. The van der Waals surface area contributed by atoms with Gasteiger partial charge in [-0.05, 0) is 23.8 Å². The molecule has 0 aliphatic rings. The van der Waals surface area contributed by atoms with Crippen molar-refractivity contribution in [2.75, 3.05) is 5.32 Å². The third-order valence-electron chi connectivity index (χ3n) is 3.11. The van der Waals surface area contributed by atoms with Crippen molar-refractivity contribution in [2.45, 2.75) is 12.7 Å². The molecule has 0 fully saturated rings. The highest BCUT2D eigenvalue weighted by Crippen LogP contribution is 2.21. The average molecular weight is 338 g/mol. The van der Waals surface area contributed by atoms with E-state index in [0.29, 0.717) is 5.56 Å². The van der Waals surface area contributed by atoms with Crippen molar-refractivity contribution in [1.29, 1.82) is 0 Å². The average Bonchev–Trinajstić information content (AvgIpc) is 2.53. The van der Waals surface area contributed by atoms with Crippen molar-refractivity contribution < 1.29 is 27.9 Å². The number of phenols is 1. The Morgan fingerprint density at radius 2 is 1.62 bits per heavy atom. The lowest BCUT2D eigenvalue weighted by Crippen LogP contribution is -2.31. The maximum absolute atomic E-state index is 12.3. The maximum Gasteiger partial charge on any atom is 0.471 e. The summed E-state index contributed by atoms with van der Waals surface area (Å²) in [6, 6.07) is 11.6. The molecule has 0 heterocycles. The Morgan fingerprint density at radius 3 is 2.29 bits per heavy atom. The van der Waals surface area contributed by atoms with Gasteiger partial charge in [0.25, 0.3) is 5.91 Å². The zero-order valence-corrected chi connectivity index (χ0v) is 12.2. The number of nitrogens with one attached hydrogen (secondary N) is 2. The molecule has 0 spiro atoms. The number of para-hydroxylation sites is 2. The Kier molecular flexibility index (Phi) is 5.08. The van der Waals surface area contributed by atoms with Gasteiger partial charge in [-0.15, -0.1) is 0 Å². The van der Waals surface area contributed by atoms with Crippen LogP contribution in [0.5, 0.6) is 5.75 Å². The smallest absolute Gasteiger partial charge is 0.471 e. The first-order chi connectivity index (χ1) is 11.3. The van der Waals surface area contributed by atoms with Crippen LogP contribution in [0, 0.1) is 0 Å². The third-order valence-corrected chi connectivity index (χ3v) is 3.11. The number of halogens is 3. The summed E-state index contributed by atoms with van der Waals surface area (Å²) in [5, 5.41) is 13.8. The summed E-state index contributed by atoms with van der Waals surface area (Å²) in [5.74, 6) is -2.90. The highest BCUT2D eigenvalue weighted by atomic mass is 19.4. The molecule has 2 rings (SSSR count). The summed E-state index contributed by atoms with van der Waals surface area (Å²) in [5.41, 5.74) is 0.269. The zero-order valence-electron chi connectivity index (χ0n) is 12.2. The topological polar surface area (TPSA) is 78.4 Å². The number of anilines is 1. The Morgan fingerprint density at radius 1 is 1.00 bits per heavy atom. The van der Waals surface area contributed by atoms with Gasteiger partial charge in [0.15, 0.2) is 0 Å². The van der Waals surface area contributed by atoms with Crippen molar-refractivity contribution in [1.82, 2.24) is 5.32 Å². The van der Waals surface area contributed by atoms with E-state index in [4.69, 9.17) is 0 Å². The van der Waals surface area contributed by atoms with Crippen LogP contribution in [0.4, 0.5) is 18.9 Å². The largest absolute Gasteiger partial charge is 0.507 e. The standard InChI is InChI=1S/C16H13F3N2O3/c17-16(18,19)15(24)21-12-7-3-1-5-10(12)9-20-14(23)11-6-2-4-8-13(11)22/h1-8,22H,9H2,(H,20,23)(H,21,24). The van der Waals surface area contributed by atoms with E-state index in [9.17, 15) is 27.9 Å². The second-order valence-corrected chi connectivity index (χ2v) is 4.81. The SMILES string of the molecule is O=C(NCc1ccccc1NC(=O)C(F)(F)F)c1ccccc1O. The molecule has 3 N–H and O–H groups in total. The van der Waals surface area contributed by atoms with Gasteiger partial charge in [0.2, 0.25) is 0 Å². The van der Waals surface area contributed by atoms with Gasteiger partial charge in [0, 0.05) is 12.2 Å². The van der Waals surface area contributed by atoms with Crippen LogP contribution in [-0.2, 0) is 11.3 Å². The van der Waals surface area contributed by atoms with Crippen LogP contribution in [-0.4, -0.2) is 23.1 Å². The Labute approximate surface area is 135 Å². The van der Waals surface area contributed by atoms with Crippen LogP contribution in [0.3, 0.4) is 0 Å². The molecule has 2 amide bonds. The highest BCUT2D eigenvalue weighted by molar-refractivity contribution is 5.97. The normalized spacial score (nSPS) is 11.0. The second-order valence-electron chi connectivity index (χ2n) is 4.81. The molecule has 2 aromatic carbocycles. The summed E-state index contributed by atoms with van der Waals surface area (Å²) in [6.45, 7) is -0.124. The summed E-state index contributed by atoms with van der Waals surface area (Å²) in [6.07, 6.45) is -5.01. The van der Waals surface area contributed by atoms with E-state index in [0.717, 1.165) is 0 Å². The van der Waals surface area contributed by atoms with Gasteiger partial charge < -0.3 is 15.7 Å². The van der Waals surface area contributed by atoms with Crippen molar-refractivity contribution in [3.05, 3.63) is 59.7 Å². The quantitative estimate of drug-likeness (QED) is 0.802. The first-order valence-corrected chi connectivity index (χ1v) is 6.81. The minimum Gasteiger partial charge on any atom is -0.507 e. The molecular weight excluding hydrogens is 325 g/mol. The fraction of sp³-hybridized carbons (Fsp3) is 0.125. The minimum absolute atomic E-state index is 0.0364. The molecule has 126 valence electrons. The third kappa shape index (κ3) is 4.25. The van der Waals surface area contributed by atoms with E-state index in [1.54, 1.807) is 23.5 Å². The van der Waals surface area contributed by atoms with E-state index in [2.05, 4.69) is 5.32 Å². The molecule has 0 atom stereocenters. The minimum atomic E-state index is -5.01. The molecule has 0 saturated heterocycles. The fourth-order valence-corrected chi connectivity index (χ4v) is 1.93. The molecule has 0 radical (unpaired) electrons. The van der Waals surface area contributed by atoms with E-state index >= 15 is 0 Å². The van der Waals surface area contributed by atoms with Crippen LogP contribution < -0.4 is 10.6 Å². The van der Waals surface area contributed by atoms with Crippen molar-refractivity contribution >= 4 is 17.5 Å². The molecule has 0 aliphatic carbocycles. The summed E-state index contributed by atoms with van der Waals surface area (Å²) >= 11 is 0. The van der Waals surface area contributed by atoms with E-state index < -0.39 is 18.0 Å². The van der Waals surface area contributed by atoms with E-state index in [1.807, 2.05) is 0 Å². The summed E-state index contributed by atoms with van der Waals surface area (Å²) in [7, 11) is 0. The van der Waals surface area contributed by atoms with Crippen LogP contribution in [0.2, 0.25) is 0 Å². The number of amides is 2. The van der Waals surface area contributed by atoms with Crippen LogP contribution in [0.1, 0.15) is 15.9 Å². The summed E-state index contributed by atoms with van der Waals surface area (Å²) in [4.78, 5) is 23.0. The number of carbonyl (C=O) groups is 2. The van der Waals surface area contributed by atoms with Crippen molar-refractivity contribution in [3.63, 3.8) is 0 Å². The molecule has 0 unspecified atom stereocenters. The van der Waals surface area contributed by atoms with E-state index in [-0.39, 0.29) is 23.5 Å².